The van der Waals surface area contributed by atoms with E-state index in [-0.39, 0.29) is 5.56 Å². The molecule has 0 bridgehead atoms. The van der Waals surface area contributed by atoms with Crippen molar-refractivity contribution in [1.29, 1.82) is 0 Å². The van der Waals surface area contributed by atoms with Crippen molar-refractivity contribution in [1.82, 2.24) is 0 Å². The zero-order valence-electron chi connectivity index (χ0n) is 6.31. The maximum Gasteiger partial charge on any atom is 0.310 e. The van der Waals surface area contributed by atoms with Gasteiger partial charge in [0.05, 0.1) is 0 Å². The highest BCUT2D eigenvalue weighted by molar-refractivity contribution is 8.45. The molecule has 0 saturated heterocycles. The molecule has 0 aromatic heterocycles. The largest absolute Gasteiger partial charge is 0.310 e. The van der Waals surface area contributed by atoms with Gasteiger partial charge in [-0.15, -0.1) is 0 Å². The number of rotatable bonds is 1. The molecule has 0 atom stereocenters. The minimum absolute atomic E-state index is 0.255. The van der Waals surface area contributed by atoms with Gasteiger partial charge in [-0.25, -0.2) is 0 Å². The molecule has 0 aliphatic heterocycles. The van der Waals surface area contributed by atoms with E-state index >= 15 is 0 Å². The average molecular weight is 217 g/mol. The van der Waals surface area contributed by atoms with Gasteiger partial charge in [0.15, 0.2) is 0 Å². The summed E-state index contributed by atoms with van der Waals surface area (Å²) in [6, 6.07) is 2.47. The van der Waals surface area contributed by atoms with Gasteiger partial charge in [-0.1, -0.05) is 31.6 Å². The van der Waals surface area contributed by atoms with E-state index in [1.807, 2.05) is 0 Å². The Hall–Kier alpha value is -0.780. The Labute approximate surface area is 72.1 Å². The summed E-state index contributed by atoms with van der Waals surface area (Å²) < 4.78 is 60.3. The molecule has 0 nitrogen and oxygen atoms in total. The van der Waals surface area contributed by atoms with Crippen molar-refractivity contribution in [2.24, 2.45) is 0 Å². The summed E-state index contributed by atoms with van der Waals surface area (Å²) in [6.45, 7) is 3.29. The summed E-state index contributed by atoms with van der Waals surface area (Å²) >= 11 is 0. The zero-order valence-corrected chi connectivity index (χ0v) is 7.13. The zero-order chi connectivity index (χ0) is 10.4. The van der Waals surface area contributed by atoms with Crippen LogP contribution in [-0.4, -0.2) is 0 Å². The fourth-order valence-electron chi connectivity index (χ4n) is 0.747. The van der Waals surface area contributed by atoms with Gasteiger partial charge in [0.1, 0.15) is 4.90 Å². The normalized spacial score (nSPS) is 17.7. The molecule has 0 heterocycles. The quantitative estimate of drug-likeness (QED) is 0.606. The molecule has 0 unspecified atom stereocenters. The van der Waals surface area contributed by atoms with Gasteiger partial charge in [0.25, 0.3) is 0 Å². The lowest BCUT2D eigenvalue weighted by Gasteiger charge is -2.40. The van der Waals surface area contributed by atoms with Crippen molar-refractivity contribution in [3.8, 4) is 0 Å². The Morgan fingerprint density at radius 1 is 0.846 bits per heavy atom. The summed E-state index contributed by atoms with van der Waals surface area (Å²) in [5.74, 6) is 0. The van der Waals surface area contributed by atoms with E-state index < -0.39 is 15.1 Å². The molecule has 6 heteroatoms. The lowest BCUT2D eigenvalue weighted by molar-refractivity contribution is 0.364. The van der Waals surface area contributed by atoms with Crippen molar-refractivity contribution in [3.05, 3.63) is 36.8 Å². The topological polar surface area (TPSA) is 0 Å². The second-order valence-corrected chi connectivity index (χ2v) is 5.02. The first-order valence-electron chi connectivity index (χ1n) is 3.15. The highest BCUT2D eigenvalue weighted by Crippen LogP contribution is 3.02. The lowest BCUT2D eigenvalue weighted by Crippen LogP contribution is -2.05. The van der Waals surface area contributed by atoms with Crippen LogP contribution in [0.2, 0.25) is 0 Å². The fraction of sp³-hybridized carbons (Fsp3) is 0. The maximum absolute atomic E-state index is 12.1. The van der Waals surface area contributed by atoms with Crippen molar-refractivity contribution >= 4 is 10.2 Å². The smallest absolute Gasteiger partial charge is 0.0936 e. The Bertz CT molecular complexity index is 321. The fourth-order valence-corrected chi connectivity index (χ4v) is 1.40. The second kappa shape index (κ2) is 2.00. The highest BCUT2D eigenvalue weighted by atomic mass is 32.5. The van der Waals surface area contributed by atoms with Gasteiger partial charge >= 0.3 is 10.2 Å². The molecule has 1 aromatic carbocycles. The van der Waals surface area contributed by atoms with Crippen LogP contribution >= 0.6 is 10.2 Å². The number of hydrogen-bond acceptors (Lipinski definition) is 0. The third-order valence-electron chi connectivity index (χ3n) is 1.37. The van der Waals surface area contributed by atoms with E-state index in [1.165, 1.54) is 0 Å². The second-order valence-electron chi connectivity index (χ2n) is 2.61. The minimum atomic E-state index is -9.48. The Morgan fingerprint density at radius 3 is 1.54 bits per heavy atom. The predicted octanol–water partition coefficient (Wildman–Crippen LogP) is 4.53. The summed E-state index contributed by atoms with van der Waals surface area (Å²) in [7, 11) is -9.48. The van der Waals surface area contributed by atoms with Crippen LogP contribution in [0.3, 0.4) is 0 Å². The Balaban J connectivity index is 3.34. The van der Waals surface area contributed by atoms with E-state index in [9.17, 15) is 19.4 Å². The lowest BCUT2D eigenvalue weighted by atomic mass is 10.2. The minimum Gasteiger partial charge on any atom is -0.0936 e. The molecule has 0 aliphatic carbocycles. The summed E-state index contributed by atoms with van der Waals surface area (Å²) in [5.41, 5.74) is 0.255. The van der Waals surface area contributed by atoms with Crippen LogP contribution < -0.4 is 0 Å². The van der Waals surface area contributed by atoms with Crippen LogP contribution in [0.4, 0.5) is 19.4 Å². The van der Waals surface area contributed by atoms with Gasteiger partial charge in [0.2, 0.25) is 0 Å². The molecular formula is C7H6F5S. The molecule has 0 spiro atoms. The highest BCUT2D eigenvalue weighted by Gasteiger charge is 2.65. The molecule has 1 aromatic rings. The number of halogens is 5. The standard InChI is InChI=1S/C7H6F5S/c1-6-2-4-7(5-3-6)13(8,9,10,11)12/h2-5H,1H2. The third kappa shape index (κ3) is 2.58. The summed E-state index contributed by atoms with van der Waals surface area (Å²) in [6.07, 6.45) is 0. The van der Waals surface area contributed by atoms with E-state index in [1.54, 1.807) is 0 Å². The van der Waals surface area contributed by atoms with Crippen LogP contribution in [0.15, 0.2) is 29.2 Å². The SMILES string of the molecule is [CH2]c1ccc(S(F)(F)(F)(F)F)cc1. The third-order valence-corrected chi connectivity index (χ3v) is 2.53. The molecule has 0 fully saturated rings. The molecule has 0 saturated carbocycles. The van der Waals surface area contributed by atoms with Gasteiger partial charge < -0.3 is 0 Å². The van der Waals surface area contributed by atoms with Crippen LogP contribution in [0.5, 0.6) is 0 Å². The Kier molecular flexibility index (Phi) is 1.58. The molecule has 1 rings (SSSR count). The van der Waals surface area contributed by atoms with E-state index in [4.69, 9.17) is 0 Å². The van der Waals surface area contributed by atoms with Gasteiger partial charge in [-0.05, 0) is 24.6 Å². The first kappa shape index (κ1) is 10.3. The van der Waals surface area contributed by atoms with Crippen LogP contribution in [0.25, 0.3) is 0 Å². The van der Waals surface area contributed by atoms with Crippen molar-refractivity contribution < 1.29 is 19.4 Å². The van der Waals surface area contributed by atoms with Gasteiger partial charge in [0, 0.05) is 0 Å². The molecule has 0 aliphatic rings. The average Bonchev–Trinajstić information content (AvgIpc) is 1.82. The first-order valence-corrected chi connectivity index (χ1v) is 5.10. The molecule has 0 amide bonds. The van der Waals surface area contributed by atoms with Crippen molar-refractivity contribution in [3.63, 3.8) is 0 Å². The molecular weight excluding hydrogens is 211 g/mol. The monoisotopic (exact) mass is 217 g/mol. The molecule has 1 radical (unpaired) electrons. The van der Waals surface area contributed by atoms with Gasteiger partial charge in [-0.2, -0.15) is 0 Å². The van der Waals surface area contributed by atoms with Crippen LogP contribution in [0, 0.1) is 6.92 Å². The molecule has 75 valence electrons. The molecule has 0 N–H and O–H groups in total. The van der Waals surface area contributed by atoms with Crippen LogP contribution in [0.1, 0.15) is 5.56 Å². The van der Waals surface area contributed by atoms with E-state index in [0.29, 0.717) is 12.1 Å². The summed E-state index contributed by atoms with van der Waals surface area (Å²) in [5, 5.41) is 0. The predicted molar refractivity (Wildman–Crippen MR) is 42.3 cm³/mol. The number of hydrogen-bond donors (Lipinski definition) is 0. The van der Waals surface area contributed by atoms with E-state index in [2.05, 4.69) is 6.92 Å². The number of benzene rings is 1. The van der Waals surface area contributed by atoms with E-state index in [0.717, 1.165) is 12.1 Å². The van der Waals surface area contributed by atoms with Crippen molar-refractivity contribution in [2.75, 3.05) is 0 Å². The van der Waals surface area contributed by atoms with Crippen LogP contribution in [-0.2, 0) is 0 Å². The first-order chi connectivity index (χ1) is 5.49. The van der Waals surface area contributed by atoms with Gasteiger partial charge in [-0.3, -0.25) is 0 Å². The Morgan fingerprint density at radius 2 is 1.23 bits per heavy atom. The van der Waals surface area contributed by atoms with Crippen molar-refractivity contribution in [2.45, 2.75) is 4.90 Å². The maximum atomic E-state index is 12.1. The molecule has 13 heavy (non-hydrogen) atoms. The summed E-state index contributed by atoms with van der Waals surface area (Å²) in [4.78, 5) is -1.88.